The van der Waals surface area contributed by atoms with Gasteiger partial charge in [-0.1, -0.05) is 0 Å². The van der Waals surface area contributed by atoms with E-state index in [1.165, 1.54) is 6.92 Å². The topological polar surface area (TPSA) is 50.2 Å². The van der Waals surface area contributed by atoms with E-state index in [1.54, 1.807) is 0 Å². The van der Waals surface area contributed by atoms with Crippen LogP contribution in [0.2, 0.25) is 0 Å². The molecule has 3 nitrogen and oxygen atoms in total. The van der Waals surface area contributed by atoms with Gasteiger partial charge < -0.3 is 5.11 Å². The van der Waals surface area contributed by atoms with Crippen molar-refractivity contribution >= 4 is 21.9 Å². The summed E-state index contributed by atoms with van der Waals surface area (Å²) in [5.74, 6) is -1.70. The largest absolute Gasteiger partial charge is 0.477 e. The standard InChI is InChI=1S/C7H5BrFNO2/c1-3-6(9)4(8)2-5(10-3)7(11)12/h2H,1H3,(H,11,12). The van der Waals surface area contributed by atoms with Crippen molar-refractivity contribution in [3.63, 3.8) is 0 Å². The van der Waals surface area contributed by atoms with Gasteiger partial charge in [-0.2, -0.15) is 0 Å². The fourth-order valence-corrected chi connectivity index (χ4v) is 1.23. The third kappa shape index (κ3) is 1.61. The molecule has 1 aromatic rings. The highest BCUT2D eigenvalue weighted by Gasteiger charge is 2.11. The first-order valence-electron chi connectivity index (χ1n) is 3.08. The molecule has 0 saturated carbocycles. The smallest absolute Gasteiger partial charge is 0.354 e. The summed E-state index contributed by atoms with van der Waals surface area (Å²) in [6.07, 6.45) is 0. The quantitative estimate of drug-likeness (QED) is 0.808. The van der Waals surface area contributed by atoms with Crippen LogP contribution in [0.3, 0.4) is 0 Å². The summed E-state index contributed by atoms with van der Waals surface area (Å²) < 4.78 is 13.0. The van der Waals surface area contributed by atoms with Crippen LogP contribution < -0.4 is 0 Å². The molecule has 64 valence electrons. The predicted molar refractivity (Wildman–Crippen MR) is 43.6 cm³/mol. The average molecular weight is 234 g/mol. The number of aromatic carboxylic acids is 1. The monoisotopic (exact) mass is 233 g/mol. The number of aryl methyl sites for hydroxylation is 1. The van der Waals surface area contributed by atoms with E-state index in [-0.39, 0.29) is 15.9 Å². The van der Waals surface area contributed by atoms with Crippen LogP contribution in [0.5, 0.6) is 0 Å². The van der Waals surface area contributed by atoms with Crippen molar-refractivity contribution in [1.82, 2.24) is 4.98 Å². The lowest BCUT2D eigenvalue weighted by atomic mass is 10.3. The van der Waals surface area contributed by atoms with Gasteiger partial charge in [-0.25, -0.2) is 14.2 Å². The molecule has 0 aliphatic heterocycles. The lowest BCUT2D eigenvalue weighted by molar-refractivity contribution is 0.0690. The minimum absolute atomic E-state index is 0.0711. The van der Waals surface area contributed by atoms with Gasteiger partial charge in [-0.15, -0.1) is 0 Å². The molecule has 1 N–H and O–H groups in total. The van der Waals surface area contributed by atoms with Crippen molar-refractivity contribution in [2.45, 2.75) is 6.92 Å². The molecular weight excluding hydrogens is 229 g/mol. The van der Waals surface area contributed by atoms with Crippen LogP contribution in [0.25, 0.3) is 0 Å². The SMILES string of the molecule is Cc1nc(C(=O)O)cc(Br)c1F. The van der Waals surface area contributed by atoms with E-state index < -0.39 is 11.8 Å². The number of carboxylic acids is 1. The van der Waals surface area contributed by atoms with E-state index in [2.05, 4.69) is 20.9 Å². The zero-order valence-electron chi connectivity index (χ0n) is 6.14. The number of hydrogen-bond acceptors (Lipinski definition) is 2. The number of pyridine rings is 1. The third-order valence-corrected chi connectivity index (χ3v) is 1.88. The van der Waals surface area contributed by atoms with Crippen LogP contribution in [-0.4, -0.2) is 16.1 Å². The fourth-order valence-electron chi connectivity index (χ4n) is 0.728. The Kier molecular flexibility index (Phi) is 2.42. The first-order chi connectivity index (χ1) is 5.52. The molecule has 5 heteroatoms. The maximum absolute atomic E-state index is 12.9. The molecule has 0 atom stereocenters. The van der Waals surface area contributed by atoms with Crippen molar-refractivity contribution < 1.29 is 14.3 Å². The Bertz CT molecular complexity index is 317. The van der Waals surface area contributed by atoms with Gasteiger partial charge in [0.15, 0.2) is 5.82 Å². The molecule has 1 aromatic heterocycles. The Morgan fingerprint density at radius 2 is 2.33 bits per heavy atom. The molecule has 0 aliphatic rings. The van der Waals surface area contributed by atoms with E-state index in [1.807, 2.05) is 0 Å². The summed E-state index contributed by atoms with van der Waals surface area (Å²) in [4.78, 5) is 13.9. The summed E-state index contributed by atoms with van der Waals surface area (Å²) in [5, 5.41) is 8.52. The van der Waals surface area contributed by atoms with Gasteiger partial charge >= 0.3 is 5.97 Å². The van der Waals surface area contributed by atoms with Gasteiger partial charge in [0.05, 0.1) is 10.2 Å². The maximum Gasteiger partial charge on any atom is 0.354 e. The molecule has 1 rings (SSSR count). The molecule has 1 heterocycles. The lowest BCUT2D eigenvalue weighted by Crippen LogP contribution is -2.03. The Hall–Kier alpha value is -0.970. The molecule has 0 radical (unpaired) electrons. The van der Waals surface area contributed by atoms with Crippen molar-refractivity contribution in [2.24, 2.45) is 0 Å². The highest BCUT2D eigenvalue weighted by atomic mass is 79.9. The van der Waals surface area contributed by atoms with Crippen LogP contribution >= 0.6 is 15.9 Å². The van der Waals surface area contributed by atoms with Gasteiger partial charge in [0.25, 0.3) is 0 Å². The van der Waals surface area contributed by atoms with Crippen molar-refractivity contribution in [3.8, 4) is 0 Å². The van der Waals surface area contributed by atoms with E-state index in [4.69, 9.17) is 5.11 Å². The van der Waals surface area contributed by atoms with Gasteiger partial charge in [0.1, 0.15) is 5.69 Å². The first-order valence-corrected chi connectivity index (χ1v) is 3.87. The Morgan fingerprint density at radius 3 is 2.75 bits per heavy atom. The van der Waals surface area contributed by atoms with Crippen molar-refractivity contribution in [1.29, 1.82) is 0 Å². The molecule has 12 heavy (non-hydrogen) atoms. The Balaban J connectivity index is 3.31. The molecule has 0 unspecified atom stereocenters. The number of halogens is 2. The minimum Gasteiger partial charge on any atom is -0.477 e. The molecule has 0 spiro atoms. The van der Waals surface area contributed by atoms with Crippen LogP contribution in [0.15, 0.2) is 10.5 Å². The van der Waals surface area contributed by atoms with Crippen molar-refractivity contribution in [3.05, 3.63) is 27.7 Å². The lowest BCUT2D eigenvalue weighted by Gasteiger charge is -1.99. The van der Waals surface area contributed by atoms with Crippen LogP contribution in [0, 0.1) is 12.7 Å². The van der Waals surface area contributed by atoms with E-state index in [0.29, 0.717) is 0 Å². The zero-order valence-corrected chi connectivity index (χ0v) is 7.72. The number of hydrogen-bond donors (Lipinski definition) is 1. The number of carboxylic acid groups (broad SMARTS) is 1. The zero-order chi connectivity index (χ0) is 9.30. The third-order valence-electron chi connectivity index (χ3n) is 1.30. The summed E-state index contributed by atoms with van der Waals surface area (Å²) in [7, 11) is 0. The predicted octanol–water partition coefficient (Wildman–Crippen LogP) is 1.99. The Morgan fingerprint density at radius 1 is 1.75 bits per heavy atom. The number of carbonyl (C=O) groups is 1. The van der Waals surface area contributed by atoms with Crippen LogP contribution in [0.1, 0.15) is 16.2 Å². The van der Waals surface area contributed by atoms with Gasteiger partial charge in [-0.3, -0.25) is 0 Å². The minimum atomic E-state index is -1.17. The molecule has 0 aromatic carbocycles. The van der Waals surface area contributed by atoms with Crippen LogP contribution in [-0.2, 0) is 0 Å². The van der Waals surface area contributed by atoms with Gasteiger partial charge in [-0.05, 0) is 28.9 Å². The summed E-state index contributed by atoms with van der Waals surface area (Å²) in [6, 6.07) is 1.13. The maximum atomic E-state index is 12.9. The first kappa shape index (κ1) is 9.12. The second kappa shape index (κ2) is 3.18. The van der Waals surface area contributed by atoms with E-state index in [0.717, 1.165) is 6.07 Å². The Labute approximate surface area is 76.4 Å². The highest BCUT2D eigenvalue weighted by molar-refractivity contribution is 9.10. The van der Waals surface area contributed by atoms with Crippen LogP contribution in [0.4, 0.5) is 4.39 Å². The summed E-state index contributed by atoms with van der Waals surface area (Å²) >= 11 is 2.89. The average Bonchev–Trinajstić information content (AvgIpc) is 1.99. The molecule has 0 aliphatic carbocycles. The molecular formula is C7H5BrFNO2. The second-order valence-electron chi connectivity index (χ2n) is 2.19. The fraction of sp³-hybridized carbons (Fsp3) is 0.143. The number of nitrogens with zero attached hydrogens (tertiary/aromatic N) is 1. The number of aromatic nitrogens is 1. The van der Waals surface area contributed by atoms with E-state index >= 15 is 0 Å². The molecule has 0 saturated heterocycles. The molecule has 0 bridgehead atoms. The molecule has 0 fully saturated rings. The normalized spacial score (nSPS) is 9.92. The summed E-state index contributed by atoms with van der Waals surface area (Å²) in [6.45, 7) is 1.41. The number of rotatable bonds is 1. The summed E-state index contributed by atoms with van der Waals surface area (Å²) in [5.41, 5.74) is -0.0949. The van der Waals surface area contributed by atoms with Gasteiger partial charge in [0.2, 0.25) is 0 Å². The van der Waals surface area contributed by atoms with Gasteiger partial charge in [0, 0.05) is 0 Å². The van der Waals surface area contributed by atoms with Crippen molar-refractivity contribution in [2.75, 3.05) is 0 Å². The second-order valence-corrected chi connectivity index (χ2v) is 3.05. The molecule has 0 amide bonds. The van der Waals surface area contributed by atoms with E-state index in [9.17, 15) is 9.18 Å². The highest BCUT2D eigenvalue weighted by Crippen LogP contribution is 2.18.